The second-order valence-electron chi connectivity index (χ2n) is 19.7. The largest absolute Gasteiger partial charge is 0.508 e. The van der Waals surface area contributed by atoms with Crippen LogP contribution in [0.5, 0.6) is 11.5 Å². The Labute approximate surface area is 321 Å². The molecule has 6 aliphatic rings. The Bertz CT molecular complexity index is 1860. The van der Waals surface area contributed by atoms with E-state index >= 15 is 0 Å². The van der Waals surface area contributed by atoms with Crippen molar-refractivity contribution in [3.8, 4) is 11.5 Å². The molecule has 5 fully saturated rings. The monoisotopic (exact) mass is 738 g/mol. The van der Waals surface area contributed by atoms with E-state index in [0.29, 0.717) is 25.7 Å². The molecule has 4 N–H and O–H groups in total. The second-order valence-corrected chi connectivity index (χ2v) is 19.7. The number of ketones is 2. The maximum absolute atomic E-state index is 14.4. The van der Waals surface area contributed by atoms with Crippen LogP contribution in [0, 0.1) is 45.3 Å². The molecular weight excluding hydrogens is 677 g/mol. The summed E-state index contributed by atoms with van der Waals surface area (Å²) >= 11 is 0. The molecule has 0 spiro atoms. The first kappa shape index (κ1) is 37.9. The lowest BCUT2D eigenvalue weighted by Gasteiger charge is -2.69. The zero-order valence-corrected chi connectivity index (χ0v) is 33.2. The molecule has 5 aliphatic carbocycles. The number of hydrogen-bond acceptors (Lipinski definition) is 7. The molecule has 1 aliphatic heterocycles. The van der Waals surface area contributed by atoms with Crippen molar-refractivity contribution < 1.29 is 34.8 Å². The van der Waals surface area contributed by atoms with Crippen LogP contribution >= 0.6 is 0 Å². The van der Waals surface area contributed by atoms with E-state index in [9.17, 15) is 30.0 Å². The van der Waals surface area contributed by atoms with Gasteiger partial charge in [-0.3, -0.25) is 9.59 Å². The first-order chi connectivity index (χ1) is 25.5. The highest BCUT2D eigenvalue weighted by atomic mass is 16.6. The van der Waals surface area contributed by atoms with Gasteiger partial charge in [0.1, 0.15) is 23.4 Å². The van der Waals surface area contributed by atoms with Gasteiger partial charge < -0.3 is 25.2 Å². The smallest absolute Gasteiger partial charge is 0.159 e. The van der Waals surface area contributed by atoms with Gasteiger partial charge in [-0.1, -0.05) is 70.9 Å². The zero-order chi connectivity index (χ0) is 38.6. The Kier molecular flexibility index (Phi) is 9.14. The fourth-order valence-corrected chi connectivity index (χ4v) is 14.6. The van der Waals surface area contributed by atoms with Crippen LogP contribution in [0.15, 0.2) is 59.7 Å². The van der Waals surface area contributed by atoms with Gasteiger partial charge in [0.25, 0.3) is 0 Å². The summed E-state index contributed by atoms with van der Waals surface area (Å²) in [5, 5.41) is 43.2. The predicted molar refractivity (Wildman–Crippen MR) is 208 cm³/mol. The fourth-order valence-electron chi connectivity index (χ4n) is 14.6. The first-order valence-electron chi connectivity index (χ1n) is 20.9. The lowest BCUT2D eigenvalue weighted by atomic mass is 9.34. The van der Waals surface area contributed by atoms with E-state index in [-0.39, 0.29) is 82.1 Å². The maximum Gasteiger partial charge on any atom is 0.159 e. The average Bonchev–Trinajstić information content (AvgIpc) is 3.42. The number of epoxide rings is 1. The number of phenols is 2. The third-order valence-corrected chi connectivity index (χ3v) is 16.9. The number of aliphatic hydroxyl groups is 2. The predicted octanol–water partition coefficient (Wildman–Crippen LogP) is 8.78. The molecule has 1 heterocycles. The number of benzene rings is 2. The molecule has 0 radical (unpaired) electrons. The van der Waals surface area contributed by atoms with E-state index in [4.69, 9.17) is 4.74 Å². The summed E-state index contributed by atoms with van der Waals surface area (Å²) in [7, 11) is 0. The molecule has 8 rings (SSSR count). The Hall–Kier alpha value is -3.00. The van der Waals surface area contributed by atoms with E-state index in [1.807, 2.05) is 24.3 Å². The molecule has 0 bridgehead atoms. The number of carbonyl (C=O) groups is 2. The van der Waals surface area contributed by atoms with Crippen molar-refractivity contribution in [3.05, 3.63) is 70.8 Å². The van der Waals surface area contributed by atoms with Gasteiger partial charge >= 0.3 is 0 Å². The number of Topliss-reactive ketones (excluding diaryl/α,β-unsaturated/α-hetero) is 2. The molecule has 0 amide bonds. The van der Waals surface area contributed by atoms with E-state index in [1.165, 1.54) is 5.57 Å². The van der Waals surface area contributed by atoms with Crippen LogP contribution in [-0.4, -0.2) is 56.4 Å². The number of carbonyl (C=O) groups excluding carboxylic acids is 2. The van der Waals surface area contributed by atoms with E-state index in [1.54, 1.807) is 18.2 Å². The summed E-state index contributed by atoms with van der Waals surface area (Å²) < 4.78 is 6.42. The van der Waals surface area contributed by atoms with Crippen molar-refractivity contribution in [2.24, 2.45) is 45.3 Å². The number of aromatic hydroxyl groups is 2. The lowest BCUT2D eigenvalue weighted by Crippen LogP contribution is -2.64. The number of rotatable bonds is 9. The molecule has 54 heavy (non-hydrogen) atoms. The molecule has 1 saturated heterocycles. The molecule has 12 atom stereocenters. The highest BCUT2D eigenvalue weighted by Gasteiger charge is 2.70. The molecule has 4 saturated carbocycles. The number of fused-ring (bicyclic) bond motifs is 5. The van der Waals surface area contributed by atoms with Gasteiger partial charge in [-0.25, -0.2) is 0 Å². The molecule has 0 unspecified atom stereocenters. The molecule has 0 aromatic heterocycles. The van der Waals surface area contributed by atoms with Gasteiger partial charge in [-0.15, -0.1) is 0 Å². The fraction of sp³-hybridized carbons (Fsp3) is 0.660. The van der Waals surface area contributed by atoms with Gasteiger partial charge in [0.05, 0.1) is 11.7 Å². The van der Waals surface area contributed by atoms with Crippen molar-refractivity contribution >= 4 is 11.6 Å². The SMILES string of the molecule is C[C@H](C[C@@H](O)[C@@H]1O[C@]1(C)[C@@H]1CCC[C@H]1c1cccc(O)c1)C1=C2CC[C@H]3[C@@]4(C)C[C@H](c5cccc(O)c5)C(=O)C(C)(C)[C@@H]4CC[C@]3(CCO)[C@@]2(C)CC1=O. The molecule has 292 valence electrons. The number of ether oxygens (including phenoxy) is 1. The first-order valence-corrected chi connectivity index (χ1v) is 20.9. The summed E-state index contributed by atoms with van der Waals surface area (Å²) in [6.07, 6.45) is 7.85. The Morgan fingerprint density at radius 1 is 0.889 bits per heavy atom. The molecule has 2 aromatic rings. The van der Waals surface area contributed by atoms with Crippen LogP contribution in [0.1, 0.15) is 135 Å². The highest BCUT2D eigenvalue weighted by Crippen LogP contribution is 2.76. The number of aliphatic hydroxyl groups excluding tert-OH is 2. The van der Waals surface area contributed by atoms with Gasteiger partial charge in [-0.2, -0.15) is 0 Å². The lowest BCUT2D eigenvalue weighted by molar-refractivity contribution is -0.193. The van der Waals surface area contributed by atoms with Crippen molar-refractivity contribution in [3.63, 3.8) is 0 Å². The molecule has 7 heteroatoms. The third kappa shape index (κ3) is 5.44. The maximum atomic E-state index is 14.4. The standard InChI is InChI=1S/C47H62O7/c1-27(22-36(51)42-46(6,54-42)34-15-9-14-32(34)28-10-7-12-30(49)23-28)40-35-16-17-39-44(4)25-33(29-11-8-13-31(50)24-29)41(53)43(2,3)38(44)18-19-47(39,20-21-48)45(35,5)26-37(40)52/h7-8,10-13,23-24,27,32-34,36,38-39,42,48-51H,9,14-22,25-26H2,1-6H3/t27-,32+,33-,34-,36-,38+,39+,42+,44+,45+,46-,47-/m1/s1. The second kappa shape index (κ2) is 13.0. The molecular formula is C47H62O7. The van der Waals surface area contributed by atoms with Crippen molar-refractivity contribution in [1.29, 1.82) is 0 Å². The minimum Gasteiger partial charge on any atom is -0.508 e. The van der Waals surface area contributed by atoms with Gasteiger partial charge in [-0.05, 0) is 146 Å². The van der Waals surface area contributed by atoms with Crippen LogP contribution in [0.25, 0.3) is 0 Å². The summed E-state index contributed by atoms with van der Waals surface area (Å²) in [4.78, 5) is 28.7. The third-order valence-electron chi connectivity index (χ3n) is 16.9. The van der Waals surface area contributed by atoms with Crippen molar-refractivity contribution in [1.82, 2.24) is 0 Å². The minimum atomic E-state index is -0.698. The van der Waals surface area contributed by atoms with Crippen LogP contribution in [0.3, 0.4) is 0 Å². The van der Waals surface area contributed by atoms with Crippen LogP contribution in [0.4, 0.5) is 0 Å². The Balaban J connectivity index is 1.07. The summed E-state index contributed by atoms with van der Waals surface area (Å²) in [5.41, 5.74) is 2.25. The van der Waals surface area contributed by atoms with Crippen molar-refractivity contribution in [2.45, 2.75) is 142 Å². The normalized spacial score (nSPS) is 40.9. The Morgan fingerprint density at radius 2 is 1.57 bits per heavy atom. The van der Waals surface area contributed by atoms with Gasteiger partial charge in [0.15, 0.2) is 5.78 Å². The average molecular weight is 739 g/mol. The van der Waals surface area contributed by atoms with E-state index in [2.05, 4.69) is 47.6 Å². The summed E-state index contributed by atoms with van der Waals surface area (Å²) in [6, 6.07) is 14.8. The van der Waals surface area contributed by atoms with Crippen molar-refractivity contribution in [2.75, 3.05) is 6.61 Å². The Morgan fingerprint density at radius 3 is 2.26 bits per heavy atom. The number of hydrogen-bond donors (Lipinski definition) is 4. The number of allylic oxidation sites excluding steroid dienone is 2. The van der Waals surface area contributed by atoms with Crippen LogP contribution < -0.4 is 0 Å². The molecule has 7 nitrogen and oxygen atoms in total. The summed E-state index contributed by atoms with van der Waals surface area (Å²) in [6.45, 7) is 13.3. The van der Waals surface area contributed by atoms with Crippen LogP contribution in [-0.2, 0) is 14.3 Å². The zero-order valence-electron chi connectivity index (χ0n) is 33.2. The number of phenolic OH excluding ortho intramolecular Hbond substituents is 2. The van der Waals surface area contributed by atoms with E-state index in [0.717, 1.165) is 61.6 Å². The minimum absolute atomic E-state index is 0.0541. The van der Waals surface area contributed by atoms with E-state index < -0.39 is 22.5 Å². The summed E-state index contributed by atoms with van der Waals surface area (Å²) in [5.74, 6) is 1.37. The van der Waals surface area contributed by atoms with Gasteiger partial charge in [0, 0.05) is 29.8 Å². The quantitative estimate of drug-likeness (QED) is 0.190. The van der Waals surface area contributed by atoms with Gasteiger partial charge in [0.2, 0.25) is 0 Å². The topological polar surface area (TPSA) is 128 Å². The van der Waals surface area contributed by atoms with Crippen LogP contribution in [0.2, 0.25) is 0 Å². The highest BCUT2D eigenvalue weighted by molar-refractivity contribution is 6.00. The molecule has 2 aromatic carbocycles.